The first-order valence-electron chi connectivity index (χ1n) is 8.23. The Balaban J connectivity index is 0.00000100. The van der Waals surface area contributed by atoms with Crippen molar-refractivity contribution in [3.05, 3.63) is 89.2 Å². The first-order chi connectivity index (χ1) is 11.8. The van der Waals surface area contributed by atoms with E-state index in [1.165, 1.54) is 22.4 Å². The maximum absolute atomic E-state index is 4.51. The molecule has 24 heavy (non-hydrogen) atoms. The van der Waals surface area contributed by atoms with Crippen LogP contribution in [0.15, 0.2) is 72.4 Å². The van der Waals surface area contributed by atoms with Crippen LogP contribution in [-0.2, 0) is 6.42 Å². The summed E-state index contributed by atoms with van der Waals surface area (Å²) in [6, 6.07) is 14.7. The Kier molecular flexibility index (Phi) is 7.08. The Labute approximate surface area is 151 Å². The predicted octanol–water partition coefficient (Wildman–Crippen LogP) is 5.23. The van der Waals surface area contributed by atoms with E-state index in [2.05, 4.69) is 69.1 Å². The Bertz CT molecular complexity index is 816. The van der Waals surface area contributed by atoms with E-state index >= 15 is 0 Å². The molecule has 0 amide bonds. The van der Waals surface area contributed by atoms with Crippen molar-refractivity contribution in [1.29, 1.82) is 0 Å². The number of hydrogen-bond acceptors (Lipinski definition) is 1. The van der Waals surface area contributed by atoms with Gasteiger partial charge in [0.05, 0.1) is 0 Å². The van der Waals surface area contributed by atoms with Gasteiger partial charge in [-0.15, -0.1) is 0 Å². The molecule has 0 atom stereocenters. The summed E-state index contributed by atoms with van der Waals surface area (Å²) in [5.41, 5.74) is 8.14. The quantitative estimate of drug-likeness (QED) is 0.438. The van der Waals surface area contributed by atoms with Crippen LogP contribution in [0, 0.1) is 0 Å². The number of rotatable bonds is 5. The Morgan fingerprint density at radius 2 is 1.92 bits per heavy atom. The van der Waals surface area contributed by atoms with Crippen molar-refractivity contribution >= 4 is 27.0 Å². The number of nitrogens with zero attached hydrogens (tertiary/aromatic N) is 2. The minimum absolute atomic E-state index is 0.229. The molecule has 0 saturated heterocycles. The van der Waals surface area contributed by atoms with Crippen LogP contribution in [-0.4, -0.2) is 25.1 Å². The summed E-state index contributed by atoms with van der Waals surface area (Å²) >= 11 is 0.229. The summed E-state index contributed by atoms with van der Waals surface area (Å²) in [6.45, 7) is 7.94. The van der Waals surface area contributed by atoms with Crippen LogP contribution in [0.25, 0.3) is 11.2 Å². The van der Waals surface area contributed by atoms with E-state index in [9.17, 15) is 0 Å². The van der Waals surface area contributed by atoms with Crippen LogP contribution in [0.4, 0.5) is 0 Å². The number of benzene rings is 1. The van der Waals surface area contributed by atoms with Crippen molar-refractivity contribution in [2.75, 3.05) is 0 Å². The van der Waals surface area contributed by atoms with E-state index in [0.29, 0.717) is 0 Å². The zero-order valence-electron chi connectivity index (χ0n) is 14.6. The molecule has 1 aromatic carbocycles. The minimum atomic E-state index is 0.229. The number of allylic oxidation sites excluding steroid dienone is 2. The summed E-state index contributed by atoms with van der Waals surface area (Å²) in [4.78, 5) is 6.80. The van der Waals surface area contributed by atoms with E-state index in [4.69, 9.17) is 0 Å². The van der Waals surface area contributed by atoms with Crippen LogP contribution in [0.2, 0.25) is 5.71 Å². The summed E-state index contributed by atoms with van der Waals surface area (Å²) in [6.07, 6.45) is 6.96. The van der Waals surface area contributed by atoms with Crippen LogP contribution in [0.3, 0.4) is 0 Å². The molecule has 1 radical (unpaired) electrons. The summed E-state index contributed by atoms with van der Waals surface area (Å²) < 4.78 is 2.19. The van der Waals surface area contributed by atoms with Crippen molar-refractivity contribution < 1.29 is 0 Å². The summed E-state index contributed by atoms with van der Waals surface area (Å²) in [5.74, 6) is 0. The van der Waals surface area contributed by atoms with Crippen LogP contribution < -0.4 is 0 Å². The molecule has 2 aromatic heterocycles. The van der Waals surface area contributed by atoms with Gasteiger partial charge < -0.3 is 0 Å². The molecule has 0 aliphatic rings. The molecule has 0 N–H and O–H groups in total. The largest absolute Gasteiger partial charge is 0.0683 e. The van der Waals surface area contributed by atoms with Gasteiger partial charge in [0.15, 0.2) is 0 Å². The molecule has 0 spiro atoms. The fraction of sp³-hybridized carbons (Fsp3) is 0.190. The van der Waals surface area contributed by atoms with Gasteiger partial charge in [-0.25, -0.2) is 0 Å². The molecule has 3 aromatic rings. The third-order valence-corrected chi connectivity index (χ3v) is 4.76. The van der Waals surface area contributed by atoms with E-state index in [-0.39, 0.29) is 15.8 Å². The molecular weight excluding hydrogens is 355 g/mol. The second-order valence-electron chi connectivity index (χ2n) is 5.10. The van der Waals surface area contributed by atoms with Crippen molar-refractivity contribution in [3.8, 4) is 0 Å². The van der Waals surface area contributed by atoms with Crippen LogP contribution in [0.5, 0.6) is 0 Å². The third kappa shape index (κ3) is 4.27. The zero-order chi connectivity index (χ0) is 17.4. The standard InChI is InChI=1S/C19H18AsN2.C2H6/c1-3-16(12-20-2)17-9-10-19-21-13-18(22(19)14-17)11-15-7-5-4-6-8-15;1-2/h3-10,12-14H,1,11H2,2H3;1-2H3/b16-12+;. The molecule has 0 aliphatic carbocycles. The fourth-order valence-corrected chi connectivity index (χ4v) is 3.64. The second kappa shape index (κ2) is 9.29. The number of imidazole rings is 1. The fourth-order valence-electron chi connectivity index (χ4n) is 2.52. The van der Waals surface area contributed by atoms with Gasteiger partial charge in [-0.3, -0.25) is 0 Å². The van der Waals surface area contributed by atoms with Crippen molar-refractivity contribution in [1.82, 2.24) is 9.38 Å². The van der Waals surface area contributed by atoms with Crippen molar-refractivity contribution in [2.24, 2.45) is 0 Å². The number of hydrogen-bond donors (Lipinski definition) is 0. The smallest absolute Gasteiger partial charge is 0.0683 e. The molecule has 123 valence electrons. The number of pyridine rings is 1. The SMILES string of the molecule is C=C/C(=C\[As]C)c1ccc2ncc(Cc3ccccc3)n2c1.CC. The molecule has 0 aliphatic heterocycles. The molecule has 0 unspecified atom stereocenters. The molecule has 3 heteroatoms. The summed E-state index contributed by atoms with van der Waals surface area (Å²) in [7, 11) is 0. The second-order valence-corrected chi connectivity index (χ2v) is 6.73. The number of aromatic nitrogens is 2. The van der Waals surface area contributed by atoms with E-state index in [0.717, 1.165) is 12.1 Å². The van der Waals surface area contributed by atoms with Gasteiger partial charge in [0.2, 0.25) is 0 Å². The molecule has 3 rings (SSSR count). The zero-order valence-corrected chi connectivity index (χ0v) is 16.5. The van der Waals surface area contributed by atoms with Crippen LogP contribution >= 0.6 is 0 Å². The topological polar surface area (TPSA) is 17.3 Å². The van der Waals surface area contributed by atoms with Gasteiger partial charge in [-0.2, -0.15) is 0 Å². The van der Waals surface area contributed by atoms with Gasteiger partial charge in [0.1, 0.15) is 0 Å². The van der Waals surface area contributed by atoms with Crippen molar-refractivity contribution in [3.63, 3.8) is 0 Å². The third-order valence-electron chi connectivity index (χ3n) is 3.63. The van der Waals surface area contributed by atoms with E-state index < -0.39 is 0 Å². The van der Waals surface area contributed by atoms with Gasteiger partial charge in [0.25, 0.3) is 0 Å². The van der Waals surface area contributed by atoms with Crippen molar-refractivity contribution in [2.45, 2.75) is 26.0 Å². The normalized spacial score (nSPS) is 11.5. The molecule has 2 heterocycles. The van der Waals surface area contributed by atoms with E-state index in [1.807, 2.05) is 32.2 Å². The average Bonchev–Trinajstić information content (AvgIpc) is 3.04. The maximum atomic E-state index is 4.51. The molecule has 2 nitrogen and oxygen atoms in total. The van der Waals surface area contributed by atoms with Gasteiger partial charge in [-0.1, -0.05) is 13.8 Å². The van der Waals surface area contributed by atoms with Gasteiger partial charge in [0, 0.05) is 0 Å². The number of fused-ring (bicyclic) bond motifs is 1. The van der Waals surface area contributed by atoms with Gasteiger partial charge in [-0.05, 0) is 0 Å². The molecular formula is C21H24AsN2. The first kappa shape index (κ1) is 18.3. The monoisotopic (exact) mass is 379 g/mol. The first-order valence-corrected chi connectivity index (χ1v) is 11.2. The van der Waals surface area contributed by atoms with Gasteiger partial charge >= 0.3 is 138 Å². The predicted molar refractivity (Wildman–Crippen MR) is 106 cm³/mol. The Morgan fingerprint density at radius 1 is 1.17 bits per heavy atom. The average molecular weight is 379 g/mol. The minimum Gasteiger partial charge on any atom is -0.0683 e. The Hall–Kier alpha value is -2.05. The Morgan fingerprint density at radius 3 is 2.58 bits per heavy atom. The molecule has 0 bridgehead atoms. The summed E-state index contributed by atoms with van der Waals surface area (Å²) in [5, 5.41) is 0. The maximum Gasteiger partial charge on any atom is -0.0683 e. The van der Waals surface area contributed by atoms with E-state index in [1.54, 1.807) is 0 Å². The van der Waals surface area contributed by atoms with Crippen LogP contribution in [0.1, 0.15) is 30.7 Å². The molecule has 0 saturated carbocycles. The molecule has 0 fully saturated rings.